The first-order chi connectivity index (χ1) is 16.4. The van der Waals surface area contributed by atoms with Gasteiger partial charge in [-0.05, 0) is 35.9 Å². The molecule has 1 amide bonds. The summed E-state index contributed by atoms with van der Waals surface area (Å²) in [6.07, 6.45) is 0.0223. The van der Waals surface area contributed by atoms with Crippen LogP contribution in [0.1, 0.15) is 27.2 Å². The SMILES string of the molecule is O=C(Nc1nc2cc(C(F)(F)F)ccc2n1Cc1ccco1)c1cnn(Cc2ccccc2)c1. The zero-order valence-corrected chi connectivity index (χ0v) is 17.7. The van der Waals surface area contributed by atoms with Crippen LogP contribution >= 0.6 is 0 Å². The van der Waals surface area contributed by atoms with E-state index in [-0.39, 0.29) is 18.0 Å². The van der Waals surface area contributed by atoms with Gasteiger partial charge >= 0.3 is 6.18 Å². The third kappa shape index (κ3) is 4.42. The Morgan fingerprint density at radius 2 is 1.85 bits per heavy atom. The molecule has 0 saturated heterocycles. The van der Waals surface area contributed by atoms with Crippen LogP contribution in [0.15, 0.2) is 83.7 Å². The molecule has 0 radical (unpaired) electrons. The Labute approximate surface area is 191 Å². The normalized spacial score (nSPS) is 11.7. The number of benzene rings is 2. The summed E-state index contributed by atoms with van der Waals surface area (Å²) >= 11 is 0. The maximum atomic E-state index is 13.2. The fourth-order valence-electron chi connectivity index (χ4n) is 3.63. The maximum absolute atomic E-state index is 13.2. The molecule has 0 aliphatic heterocycles. The van der Waals surface area contributed by atoms with Crippen molar-refractivity contribution in [3.05, 3.63) is 102 Å². The number of alkyl halides is 3. The van der Waals surface area contributed by atoms with E-state index in [0.29, 0.717) is 23.4 Å². The molecule has 0 saturated carbocycles. The van der Waals surface area contributed by atoms with Gasteiger partial charge in [-0.15, -0.1) is 0 Å². The molecule has 172 valence electrons. The summed E-state index contributed by atoms with van der Waals surface area (Å²) in [6.45, 7) is 0.670. The number of hydrogen-bond donors (Lipinski definition) is 1. The summed E-state index contributed by atoms with van der Waals surface area (Å²) in [5.41, 5.74) is 1.04. The molecule has 5 rings (SSSR count). The minimum absolute atomic E-state index is 0.103. The summed E-state index contributed by atoms with van der Waals surface area (Å²) in [5.74, 6) is 0.184. The molecular weight excluding hydrogens is 447 g/mol. The van der Waals surface area contributed by atoms with E-state index < -0.39 is 17.6 Å². The van der Waals surface area contributed by atoms with Crippen molar-refractivity contribution in [2.75, 3.05) is 5.32 Å². The summed E-state index contributed by atoms with van der Waals surface area (Å²) in [6, 6.07) is 16.4. The van der Waals surface area contributed by atoms with Crippen molar-refractivity contribution in [3.8, 4) is 0 Å². The monoisotopic (exact) mass is 465 g/mol. The van der Waals surface area contributed by atoms with Crippen molar-refractivity contribution in [1.82, 2.24) is 19.3 Å². The minimum Gasteiger partial charge on any atom is -0.467 e. The van der Waals surface area contributed by atoms with Gasteiger partial charge in [-0.2, -0.15) is 18.3 Å². The summed E-state index contributed by atoms with van der Waals surface area (Å²) in [4.78, 5) is 17.2. The standard InChI is InChI=1S/C24H18F3N5O2/c25-24(26,27)18-8-9-21-20(11-18)29-23(32(21)15-19-7-4-10-34-19)30-22(33)17-12-28-31(14-17)13-16-5-2-1-3-6-16/h1-12,14H,13,15H2,(H,29,30,33). The third-order valence-corrected chi connectivity index (χ3v) is 5.28. The number of fused-ring (bicyclic) bond motifs is 1. The van der Waals surface area contributed by atoms with E-state index in [1.807, 2.05) is 30.3 Å². The topological polar surface area (TPSA) is 77.9 Å². The molecule has 0 atom stereocenters. The van der Waals surface area contributed by atoms with E-state index in [1.54, 1.807) is 27.6 Å². The predicted molar refractivity (Wildman–Crippen MR) is 118 cm³/mol. The van der Waals surface area contributed by atoms with Crippen LogP contribution in [0.2, 0.25) is 0 Å². The van der Waals surface area contributed by atoms with E-state index >= 15 is 0 Å². The molecule has 10 heteroatoms. The number of carbonyl (C=O) groups is 1. The third-order valence-electron chi connectivity index (χ3n) is 5.28. The van der Waals surface area contributed by atoms with Crippen molar-refractivity contribution in [2.45, 2.75) is 19.3 Å². The zero-order valence-electron chi connectivity index (χ0n) is 17.7. The van der Waals surface area contributed by atoms with Crippen LogP contribution in [0.25, 0.3) is 11.0 Å². The fourth-order valence-corrected chi connectivity index (χ4v) is 3.63. The number of anilines is 1. The lowest BCUT2D eigenvalue weighted by atomic mass is 10.2. The molecule has 2 aromatic carbocycles. The Morgan fingerprint density at radius 3 is 2.59 bits per heavy atom. The number of imidazole rings is 1. The van der Waals surface area contributed by atoms with Crippen LogP contribution in [-0.2, 0) is 19.3 Å². The fraction of sp³-hybridized carbons (Fsp3) is 0.125. The van der Waals surface area contributed by atoms with E-state index in [1.165, 1.54) is 18.5 Å². The van der Waals surface area contributed by atoms with E-state index in [0.717, 1.165) is 17.7 Å². The second-order valence-electron chi connectivity index (χ2n) is 7.67. The van der Waals surface area contributed by atoms with Crippen LogP contribution in [0.3, 0.4) is 0 Å². The highest BCUT2D eigenvalue weighted by atomic mass is 19.4. The van der Waals surface area contributed by atoms with Gasteiger partial charge in [-0.3, -0.25) is 14.8 Å². The number of hydrogen-bond acceptors (Lipinski definition) is 4. The number of nitrogens with one attached hydrogen (secondary N) is 1. The van der Waals surface area contributed by atoms with Gasteiger partial charge in [0.2, 0.25) is 5.95 Å². The van der Waals surface area contributed by atoms with Gasteiger partial charge < -0.3 is 8.98 Å². The Bertz CT molecular complexity index is 1440. The highest BCUT2D eigenvalue weighted by Crippen LogP contribution is 2.32. The Kier molecular flexibility index (Phi) is 5.40. The summed E-state index contributed by atoms with van der Waals surface area (Å²) in [7, 11) is 0. The minimum atomic E-state index is -4.50. The Morgan fingerprint density at radius 1 is 1.03 bits per heavy atom. The largest absolute Gasteiger partial charge is 0.467 e. The number of nitrogens with zero attached hydrogens (tertiary/aromatic N) is 4. The number of furan rings is 1. The van der Waals surface area contributed by atoms with Crippen LogP contribution < -0.4 is 5.32 Å². The van der Waals surface area contributed by atoms with Gasteiger partial charge in [0.25, 0.3) is 5.91 Å². The number of halogens is 3. The second kappa shape index (κ2) is 8.54. The Hall–Kier alpha value is -4.34. The lowest BCUT2D eigenvalue weighted by Gasteiger charge is -2.09. The van der Waals surface area contributed by atoms with E-state index in [9.17, 15) is 18.0 Å². The number of rotatable bonds is 6. The summed E-state index contributed by atoms with van der Waals surface area (Å²) < 4.78 is 48.2. The summed E-state index contributed by atoms with van der Waals surface area (Å²) in [5, 5.41) is 6.93. The molecule has 3 aromatic heterocycles. The van der Waals surface area contributed by atoms with Gasteiger partial charge in [0, 0.05) is 6.20 Å². The molecule has 5 aromatic rings. The molecule has 0 aliphatic carbocycles. The Balaban J connectivity index is 1.44. The zero-order chi connectivity index (χ0) is 23.7. The van der Waals surface area contributed by atoms with E-state index in [2.05, 4.69) is 15.4 Å². The van der Waals surface area contributed by atoms with Gasteiger partial charge in [-0.1, -0.05) is 30.3 Å². The number of amides is 1. The smallest absolute Gasteiger partial charge is 0.416 e. The first-order valence-corrected chi connectivity index (χ1v) is 10.3. The van der Waals surface area contributed by atoms with Crippen molar-refractivity contribution in [1.29, 1.82) is 0 Å². The van der Waals surface area contributed by atoms with Crippen molar-refractivity contribution in [2.24, 2.45) is 0 Å². The quantitative estimate of drug-likeness (QED) is 0.374. The van der Waals surface area contributed by atoms with Crippen LogP contribution in [-0.4, -0.2) is 25.2 Å². The molecule has 0 spiro atoms. The van der Waals surface area contributed by atoms with E-state index in [4.69, 9.17) is 4.42 Å². The molecule has 0 bridgehead atoms. The van der Waals surface area contributed by atoms with Crippen molar-refractivity contribution < 1.29 is 22.4 Å². The second-order valence-corrected chi connectivity index (χ2v) is 7.67. The van der Waals surface area contributed by atoms with Crippen molar-refractivity contribution >= 4 is 22.9 Å². The predicted octanol–water partition coefficient (Wildman–Crippen LogP) is 5.19. The molecule has 1 N–H and O–H groups in total. The molecule has 34 heavy (non-hydrogen) atoms. The lowest BCUT2D eigenvalue weighted by Crippen LogP contribution is -2.16. The molecule has 0 fully saturated rings. The molecule has 0 unspecified atom stereocenters. The average molecular weight is 465 g/mol. The van der Waals surface area contributed by atoms with Gasteiger partial charge in [0.15, 0.2) is 0 Å². The highest BCUT2D eigenvalue weighted by Gasteiger charge is 2.31. The van der Waals surface area contributed by atoms with Crippen LogP contribution in [0, 0.1) is 0 Å². The highest BCUT2D eigenvalue weighted by molar-refractivity contribution is 6.03. The lowest BCUT2D eigenvalue weighted by molar-refractivity contribution is -0.137. The number of carbonyl (C=O) groups excluding carboxylic acids is 1. The number of aromatic nitrogens is 4. The molecule has 0 aliphatic rings. The van der Waals surface area contributed by atoms with Gasteiger partial charge in [0.05, 0.1) is 47.7 Å². The molecule has 7 nitrogen and oxygen atoms in total. The van der Waals surface area contributed by atoms with Gasteiger partial charge in [0.1, 0.15) is 5.76 Å². The average Bonchev–Trinajstić information content (AvgIpc) is 3.55. The van der Waals surface area contributed by atoms with Crippen molar-refractivity contribution in [3.63, 3.8) is 0 Å². The molecular formula is C24H18F3N5O2. The first-order valence-electron chi connectivity index (χ1n) is 10.3. The van der Waals surface area contributed by atoms with Crippen LogP contribution in [0.5, 0.6) is 0 Å². The van der Waals surface area contributed by atoms with Gasteiger partial charge in [-0.25, -0.2) is 4.98 Å². The van der Waals surface area contributed by atoms with Crippen LogP contribution in [0.4, 0.5) is 19.1 Å². The molecule has 3 heterocycles. The maximum Gasteiger partial charge on any atom is 0.416 e. The first kappa shape index (κ1) is 21.5.